The van der Waals surface area contributed by atoms with E-state index in [1.807, 2.05) is 31.2 Å². The highest BCUT2D eigenvalue weighted by Gasteiger charge is 2.14. The smallest absolute Gasteiger partial charge is 0.254 e. The quantitative estimate of drug-likeness (QED) is 0.692. The van der Waals surface area contributed by atoms with E-state index in [1.54, 1.807) is 18.2 Å². The summed E-state index contributed by atoms with van der Waals surface area (Å²) >= 11 is 0. The molecule has 0 saturated heterocycles. The second-order valence-corrected chi connectivity index (χ2v) is 6.31. The number of carbonyl (C=O) groups excluding carboxylic acids is 1. The Balaban J connectivity index is 1.44. The number of amides is 1. The standard InChI is InChI=1S/C21H19N3O5/c1-2-27-16-6-3-14(4-7-16)17-10-21(26)24(12-22-17)11-20(25)23-15-5-8-18-19(9-15)29-13-28-18/h3-10,12H,2,11,13H2,1H3,(H,23,25). The average molecular weight is 393 g/mol. The summed E-state index contributed by atoms with van der Waals surface area (Å²) in [7, 11) is 0. The van der Waals surface area contributed by atoms with Crippen LogP contribution in [-0.4, -0.2) is 28.9 Å². The maximum atomic E-state index is 12.4. The highest BCUT2D eigenvalue weighted by atomic mass is 16.7. The normalized spacial score (nSPS) is 11.9. The van der Waals surface area contributed by atoms with Crippen LogP contribution in [0, 0.1) is 0 Å². The summed E-state index contributed by atoms with van der Waals surface area (Å²) in [6, 6.07) is 13.8. The van der Waals surface area contributed by atoms with Crippen molar-refractivity contribution in [2.24, 2.45) is 0 Å². The lowest BCUT2D eigenvalue weighted by Gasteiger charge is -2.09. The maximum Gasteiger partial charge on any atom is 0.254 e. The molecule has 148 valence electrons. The fraction of sp³-hybridized carbons (Fsp3) is 0.190. The number of anilines is 1. The Labute approximate surface area is 166 Å². The molecule has 1 amide bonds. The van der Waals surface area contributed by atoms with Gasteiger partial charge < -0.3 is 19.5 Å². The number of nitrogens with one attached hydrogen (secondary N) is 1. The van der Waals surface area contributed by atoms with E-state index >= 15 is 0 Å². The summed E-state index contributed by atoms with van der Waals surface area (Å²) in [5.41, 5.74) is 1.57. The maximum absolute atomic E-state index is 12.4. The molecular formula is C21H19N3O5. The zero-order valence-electron chi connectivity index (χ0n) is 15.8. The molecule has 1 aromatic heterocycles. The van der Waals surface area contributed by atoms with Gasteiger partial charge in [-0.25, -0.2) is 4.98 Å². The average Bonchev–Trinajstić information content (AvgIpc) is 3.18. The van der Waals surface area contributed by atoms with Crippen molar-refractivity contribution in [1.29, 1.82) is 0 Å². The van der Waals surface area contributed by atoms with Gasteiger partial charge in [-0.1, -0.05) is 0 Å². The van der Waals surface area contributed by atoms with Crippen molar-refractivity contribution in [3.8, 4) is 28.5 Å². The van der Waals surface area contributed by atoms with Gasteiger partial charge in [0.15, 0.2) is 11.5 Å². The van der Waals surface area contributed by atoms with Gasteiger partial charge >= 0.3 is 0 Å². The Kier molecular flexibility index (Phi) is 5.15. The van der Waals surface area contributed by atoms with Crippen LogP contribution in [0.5, 0.6) is 17.2 Å². The minimum Gasteiger partial charge on any atom is -0.494 e. The number of ether oxygens (including phenoxy) is 3. The summed E-state index contributed by atoms with van der Waals surface area (Å²) in [6.45, 7) is 2.51. The lowest BCUT2D eigenvalue weighted by molar-refractivity contribution is -0.116. The number of fused-ring (bicyclic) bond motifs is 1. The first-order chi connectivity index (χ1) is 14.1. The van der Waals surface area contributed by atoms with E-state index in [0.717, 1.165) is 11.3 Å². The Bertz CT molecular complexity index is 1090. The van der Waals surface area contributed by atoms with E-state index in [2.05, 4.69) is 10.3 Å². The molecule has 0 unspecified atom stereocenters. The molecule has 3 aromatic rings. The summed E-state index contributed by atoms with van der Waals surface area (Å²) in [5.74, 6) is 1.61. The molecule has 29 heavy (non-hydrogen) atoms. The van der Waals surface area contributed by atoms with Crippen molar-refractivity contribution in [2.75, 3.05) is 18.7 Å². The third-order valence-electron chi connectivity index (χ3n) is 4.31. The Morgan fingerprint density at radius 1 is 1.14 bits per heavy atom. The lowest BCUT2D eigenvalue weighted by Crippen LogP contribution is -2.27. The van der Waals surface area contributed by atoms with Gasteiger partial charge in [0.2, 0.25) is 12.7 Å². The zero-order chi connectivity index (χ0) is 20.2. The molecular weight excluding hydrogens is 374 g/mol. The number of nitrogens with zero attached hydrogens (tertiary/aromatic N) is 2. The lowest BCUT2D eigenvalue weighted by atomic mass is 10.1. The van der Waals surface area contributed by atoms with Gasteiger partial charge in [-0.3, -0.25) is 14.2 Å². The monoisotopic (exact) mass is 393 g/mol. The Morgan fingerprint density at radius 3 is 2.69 bits per heavy atom. The number of hydrogen-bond acceptors (Lipinski definition) is 6. The van der Waals surface area contributed by atoms with Crippen LogP contribution in [0.4, 0.5) is 5.69 Å². The van der Waals surface area contributed by atoms with Crippen LogP contribution in [0.1, 0.15) is 6.92 Å². The molecule has 2 heterocycles. The van der Waals surface area contributed by atoms with Gasteiger partial charge in [0.25, 0.3) is 5.56 Å². The molecule has 0 atom stereocenters. The molecule has 0 saturated carbocycles. The molecule has 4 rings (SSSR count). The predicted molar refractivity (Wildman–Crippen MR) is 106 cm³/mol. The van der Waals surface area contributed by atoms with Crippen LogP contribution < -0.4 is 25.1 Å². The molecule has 1 aliphatic rings. The van der Waals surface area contributed by atoms with Crippen LogP contribution in [0.3, 0.4) is 0 Å². The van der Waals surface area contributed by atoms with E-state index < -0.39 is 0 Å². The minimum absolute atomic E-state index is 0.149. The first-order valence-electron chi connectivity index (χ1n) is 9.11. The van der Waals surface area contributed by atoms with E-state index in [4.69, 9.17) is 14.2 Å². The van der Waals surface area contributed by atoms with Crippen molar-refractivity contribution < 1.29 is 19.0 Å². The number of aromatic nitrogens is 2. The first-order valence-corrected chi connectivity index (χ1v) is 9.11. The molecule has 0 spiro atoms. The van der Waals surface area contributed by atoms with Crippen LogP contribution in [0.15, 0.2) is 59.7 Å². The van der Waals surface area contributed by atoms with Gasteiger partial charge in [-0.2, -0.15) is 0 Å². The highest BCUT2D eigenvalue weighted by molar-refractivity contribution is 5.91. The molecule has 2 aromatic carbocycles. The van der Waals surface area contributed by atoms with Crippen LogP contribution >= 0.6 is 0 Å². The van der Waals surface area contributed by atoms with Crippen molar-refractivity contribution in [3.63, 3.8) is 0 Å². The van der Waals surface area contributed by atoms with E-state index in [0.29, 0.717) is 29.5 Å². The molecule has 0 fully saturated rings. The Morgan fingerprint density at radius 2 is 1.93 bits per heavy atom. The topological polar surface area (TPSA) is 91.7 Å². The van der Waals surface area contributed by atoms with Gasteiger partial charge in [-0.05, 0) is 43.3 Å². The van der Waals surface area contributed by atoms with Gasteiger partial charge in [-0.15, -0.1) is 0 Å². The van der Waals surface area contributed by atoms with Crippen molar-refractivity contribution in [3.05, 3.63) is 65.2 Å². The Hall–Kier alpha value is -3.81. The minimum atomic E-state index is -0.346. The van der Waals surface area contributed by atoms with Gasteiger partial charge in [0.1, 0.15) is 12.3 Å². The van der Waals surface area contributed by atoms with Crippen LogP contribution in [0.25, 0.3) is 11.3 Å². The van der Waals surface area contributed by atoms with E-state index in [1.165, 1.54) is 17.0 Å². The van der Waals surface area contributed by atoms with Crippen molar-refractivity contribution in [2.45, 2.75) is 13.5 Å². The second-order valence-electron chi connectivity index (χ2n) is 6.31. The third kappa shape index (κ3) is 4.21. The number of hydrogen-bond donors (Lipinski definition) is 1. The zero-order valence-corrected chi connectivity index (χ0v) is 15.8. The molecule has 8 nitrogen and oxygen atoms in total. The SMILES string of the molecule is CCOc1ccc(-c2cc(=O)n(CC(=O)Nc3ccc4c(c3)OCO4)cn2)cc1. The van der Waals surface area contributed by atoms with E-state index in [9.17, 15) is 9.59 Å². The molecule has 0 radical (unpaired) electrons. The molecule has 8 heteroatoms. The highest BCUT2D eigenvalue weighted by Crippen LogP contribution is 2.34. The summed E-state index contributed by atoms with van der Waals surface area (Å²) in [6.07, 6.45) is 1.37. The second kappa shape index (κ2) is 8.05. The first kappa shape index (κ1) is 18.5. The van der Waals surface area contributed by atoms with Crippen LogP contribution in [0.2, 0.25) is 0 Å². The van der Waals surface area contributed by atoms with Crippen molar-refractivity contribution in [1.82, 2.24) is 9.55 Å². The van der Waals surface area contributed by atoms with Gasteiger partial charge in [0.05, 0.1) is 18.6 Å². The summed E-state index contributed by atoms with van der Waals surface area (Å²) < 4.78 is 17.2. The predicted octanol–water partition coefficient (Wildman–Crippen LogP) is 2.68. The van der Waals surface area contributed by atoms with Crippen LogP contribution in [-0.2, 0) is 11.3 Å². The fourth-order valence-corrected chi connectivity index (χ4v) is 2.92. The molecule has 1 aliphatic heterocycles. The third-order valence-corrected chi connectivity index (χ3v) is 4.31. The molecule has 0 bridgehead atoms. The number of rotatable bonds is 6. The largest absolute Gasteiger partial charge is 0.494 e. The number of carbonyl (C=O) groups is 1. The number of benzene rings is 2. The van der Waals surface area contributed by atoms with Crippen molar-refractivity contribution >= 4 is 11.6 Å². The summed E-state index contributed by atoms with van der Waals surface area (Å²) in [4.78, 5) is 29.0. The molecule has 0 aliphatic carbocycles. The fourth-order valence-electron chi connectivity index (χ4n) is 2.92. The van der Waals surface area contributed by atoms with E-state index in [-0.39, 0.29) is 24.8 Å². The molecule has 1 N–H and O–H groups in total. The summed E-state index contributed by atoms with van der Waals surface area (Å²) in [5, 5.41) is 2.74. The van der Waals surface area contributed by atoms with Gasteiger partial charge in [0, 0.05) is 23.4 Å².